The number of carbonyl (C=O) groups excluding carboxylic acids is 4. The third kappa shape index (κ3) is 8.47. The lowest BCUT2D eigenvalue weighted by molar-refractivity contribution is -0.133. The smallest absolute Gasteiger partial charge is 0.320 e. The standard InChI is InChI=1S/C38H49FN14O4/c1-48-13-18-53(38(48)57)27-3-2-11-52(23-27)37-45-35(33(34(40)55)46-47-37)43-25-4-7-30(28(39)19-25)50-16-14-49(15-17-50)21-24-10-12-51(22-24)31-8-5-26(20-41-31)42-29-6-9-32(54)44-36(29)56/h4-5,7-8,19-20,24,27,29,42H,2-3,6,9-18,21-23H2,1H3,(H2,40,55)(H,43,45,47)(H,44,54,56). The second-order valence-electron chi connectivity index (χ2n) is 15.5. The van der Waals surface area contributed by atoms with Gasteiger partial charge in [-0.15, -0.1) is 10.2 Å². The number of nitrogens with one attached hydrogen (secondary N) is 3. The molecule has 5 amide bonds. The van der Waals surface area contributed by atoms with Crippen LogP contribution in [0, 0.1) is 11.7 Å². The summed E-state index contributed by atoms with van der Waals surface area (Å²) < 4.78 is 15.7. The minimum atomic E-state index is -0.807. The van der Waals surface area contributed by atoms with Gasteiger partial charge in [-0.2, -0.15) is 4.98 Å². The van der Waals surface area contributed by atoms with Gasteiger partial charge in [-0.05, 0) is 61.9 Å². The molecule has 7 heterocycles. The van der Waals surface area contributed by atoms with Crippen LogP contribution in [0.25, 0.3) is 0 Å². The molecule has 5 fully saturated rings. The summed E-state index contributed by atoms with van der Waals surface area (Å²) in [6.45, 7) is 8.31. The number of urea groups is 1. The van der Waals surface area contributed by atoms with E-state index in [1.165, 1.54) is 6.07 Å². The number of rotatable bonds is 11. The van der Waals surface area contributed by atoms with Crippen LogP contribution in [0.4, 0.5) is 43.8 Å². The Bertz CT molecular complexity index is 2000. The van der Waals surface area contributed by atoms with Crippen molar-refractivity contribution in [3.8, 4) is 0 Å². The van der Waals surface area contributed by atoms with E-state index in [1.807, 2.05) is 21.9 Å². The molecular formula is C38H49FN14O4. The number of carbonyl (C=O) groups is 4. The number of likely N-dealkylation sites (N-methyl/N-ethyl adjacent to an activating group) is 1. The molecule has 0 radical (unpaired) electrons. The summed E-state index contributed by atoms with van der Waals surface area (Å²) in [5, 5.41) is 16.9. The molecule has 5 aliphatic heterocycles. The van der Waals surface area contributed by atoms with Gasteiger partial charge in [-0.25, -0.2) is 14.2 Å². The summed E-state index contributed by atoms with van der Waals surface area (Å²) in [7, 11) is 1.80. The summed E-state index contributed by atoms with van der Waals surface area (Å²) in [6.07, 6.45) is 5.28. The molecule has 57 heavy (non-hydrogen) atoms. The number of hydrogen-bond acceptors (Lipinski definition) is 14. The molecule has 1 aromatic carbocycles. The SMILES string of the molecule is CN1CCN(C2CCCN(c3nnc(C(N)=O)c(Nc4ccc(N5CCN(CC6CCN(c7ccc(NC8CCC(=O)NC8=O)cn7)C6)CC5)c(F)c4)n3)C2)C1=O. The van der Waals surface area contributed by atoms with E-state index in [1.54, 1.807) is 30.3 Å². The number of imide groups is 1. The first-order valence-electron chi connectivity index (χ1n) is 19.7. The first-order valence-corrected chi connectivity index (χ1v) is 19.7. The zero-order chi connectivity index (χ0) is 39.6. The summed E-state index contributed by atoms with van der Waals surface area (Å²) in [5.41, 5.74) is 7.12. The predicted octanol–water partition coefficient (Wildman–Crippen LogP) is 1.45. The number of aromatic nitrogens is 4. The Labute approximate surface area is 329 Å². The highest BCUT2D eigenvalue weighted by atomic mass is 19.1. The number of pyridine rings is 1. The Balaban J connectivity index is 0.830. The van der Waals surface area contributed by atoms with Gasteiger partial charge in [0.2, 0.25) is 17.8 Å². The van der Waals surface area contributed by atoms with Crippen LogP contribution in [0.5, 0.6) is 0 Å². The lowest BCUT2D eigenvalue weighted by Crippen LogP contribution is -2.49. The summed E-state index contributed by atoms with van der Waals surface area (Å²) >= 11 is 0. The summed E-state index contributed by atoms with van der Waals surface area (Å²) in [6, 6.07) is 8.34. The van der Waals surface area contributed by atoms with E-state index in [4.69, 9.17) is 5.73 Å². The number of nitrogens with zero attached hydrogens (tertiary/aromatic N) is 10. The molecule has 0 bridgehead atoms. The number of piperazine rings is 1. The van der Waals surface area contributed by atoms with E-state index in [0.29, 0.717) is 75.4 Å². The maximum Gasteiger partial charge on any atom is 0.320 e. The van der Waals surface area contributed by atoms with Crippen molar-refractivity contribution in [2.75, 3.05) is 104 Å². The quantitative estimate of drug-likeness (QED) is 0.204. The van der Waals surface area contributed by atoms with Gasteiger partial charge in [-0.1, -0.05) is 0 Å². The zero-order valence-electron chi connectivity index (χ0n) is 32.1. The Morgan fingerprint density at radius 3 is 2.46 bits per heavy atom. The van der Waals surface area contributed by atoms with Crippen molar-refractivity contribution >= 4 is 58.4 Å². The van der Waals surface area contributed by atoms with Gasteiger partial charge in [0, 0.05) is 91.1 Å². The fourth-order valence-electron chi connectivity index (χ4n) is 8.50. The zero-order valence-corrected chi connectivity index (χ0v) is 32.1. The number of primary amides is 1. The van der Waals surface area contributed by atoms with Gasteiger partial charge in [0.25, 0.3) is 5.91 Å². The van der Waals surface area contributed by atoms with E-state index in [-0.39, 0.29) is 35.4 Å². The molecule has 3 unspecified atom stereocenters. The molecule has 2 aromatic heterocycles. The molecule has 0 spiro atoms. The van der Waals surface area contributed by atoms with E-state index >= 15 is 4.39 Å². The minimum Gasteiger partial charge on any atom is -0.372 e. The molecule has 3 atom stereocenters. The number of amides is 5. The first kappa shape index (κ1) is 38.0. The summed E-state index contributed by atoms with van der Waals surface area (Å²) in [4.78, 5) is 70.1. The number of piperidine rings is 2. The highest BCUT2D eigenvalue weighted by Gasteiger charge is 2.35. The molecule has 5 saturated heterocycles. The molecule has 5 aliphatic rings. The monoisotopic (exact) mass is 784 g/mol. The largest absolute Gasteiger partial charge is 0.372 e. The van der Waals surface area contributed by atoms with E-state index in [2.05, 4.69) is 50.8 Å². The van der Waals surface area contributed by atoms with Gasteiger partial charge in [0.1, 0.15) is 17.7 Å². The van der Waals surface area contributed by atoms with Gasteiger partial charge < -0.3 is 40.9 Å². The molecule has 8 rings (SSSR count). The number of anilines is 6. The second kappa shape index (κ2) is 16.3. The van der Waals surface area contributed by atoms with Crippen LogP contribution in [0.1, 0.15) is 42.6 Å². The van der Waals surface area contributed by atoms with Gasteiger partial charge in [0.15, 0.2) is 11.5 Å². The fraction of sp³-hybridized carbons (Fsp3) is 0.526. The van der Waals surface area contributed by atoms with Crippen LogP contribution in [0.15, 0.2) is 36.5 Å². The summed E-state index contributed by atoms with van der Waals surface area (Å²) in [5.74, 6) is 0.0224. The lowest BCUT2D eigenvalue weighted by Gasteiger charge is -2.37. The molecule has 18 nitrogen and oxygen atoms in total. The number of benzene rings is 1. The Morgan fingerprint density at radius 1 is 0.912 bits per heavy atom. The predicted molar refractivity (Wildman–Crippen MR) is 211 cm³/mol. The topological polar surface area (TPSA) is 201 Å². The van der Waals surface area contributed by atoms with Crippen molar-refractivity contribution < 1.29 is 23.6 Å². The van der Waals surface area contributed by atoms with E-state index in [0.717, 1.165) is 63.5 Å². The normalized spacial score (nSPS) is 23.3. The number of nitrogens with two attached hydrogens (primary N) is 1. The molecule has 3 aromatic rings. The molecule has 0 aliphatic carbocycles. The average Bonchev–Trinajstić information content (AvgIpc) is 3.82. The van der Waals surface area contributed by atoms with E-state index < -0.39 is 17.8 Å². The molecular weight excluding hydrogens is 736 g/mol. The second-order valence-corrected chi connectivity index (χ2v) is 15.5. The highest BCUT2D eigenvalue weighted by Crippen LogP contribution is 2.30. The van der Waals surface area contributed by atoms with Crippen molar-refractivity contribution in [1.29, 1.82) is 0 Å². The number of hydrogen-bond donors (Lipinski definition) is 4. The molecule has 19 heteroatoms. The average molecular weight is 785 g/mol. The fourth-order valence-corrected chi connectivity index (χ4v) is 8.50. The van der Waals surface area contributed by atoms with Crippen LogP contribution in [0.3, 0.4) is 0 Å². The number of halogens is 1. The van der Waals surface area contributed by atoms with Crippen molar-refractivity contribution in [1.82, 2.24) is 40.2 Å². The lowest BCUT2D eigenvalue weighted by atomic mass is 10.0. The Hall–Kier alpha value is -5.85. The van der Waals surface area contributed by atoms with Crippen molar-refractivity contribution in [3.05, 3.63) is 48.0 Å². The highest BCUT2D eigenvalue weighted by molar-refractivity contribution is 6.01. The Morgan fingerprint density at radius 2 is 1.74 bits per heavy atom. The van der Waals surface area contributed by atoms with Crippen molar-refractivity contribution in [3.63, 3.8) is 0 Å². The van der Waals surface area contributed by atoms with Crippen LogP contribution in [-0.2, 0) is 9.59 Å². The van der Waals surface area contributed by atoms with Crippen LogP contribution in [-0.4, -0.2) is 150 Å². The first-order chi connectivity index (χ1) is 27.6. The van der Waals surface area contributed by atoms with Crippen molar-refractivity contribution in [2.24, 2.45) is 11.7 Å². The van der Waals surface area contributed by atoms with Gasteiger partial charge in [-0.3, -0.25) is 24.6 Å². The van der Waals surface area contributed by atoms with Crippen molar-refractivity contribution in [2.45, 2.75) is 44.2 Å². The molecule has 0 saturated carbocycles. The van der Waals surface area contributed by atoms with Crippen LogP contribution < -0.4 is 36.4 Å². The third-order valence-electron chi connectivity index (χ3n) is 11.7. The van der Waals surface area contributed by atoms with E-state index in [9.17, 15) is 19.2 Å². The van der Waals surface area contributed by atoms with Crippen LogP contribution >= 0.6 is 0 Å². The van der Waals surface area contributed by atoms with Crippen LogP contribution in [0.2, 0.25) is 0 Å². The maximum atomic E-state index is 15.7. The maximum absolute atomic E-state index is 15.7. The minimum absolute atomic E-state index is 0.00961. The molecule has 302 valence electrons. The third-order valence-corrected chi connectivity index (χ3v) is 11.7. The van der Waals surface area contributed by atoms with Gasteiger partial charge in [0.05, 0.1) is 23.6 Å². The Kier molecular flexibility index (Phi) is 10.9. The van der Waals surface area contributed by atoms with Gasteiger partial charge >= 0.3 is 6.03 Å². The molecule has 5 N–H and O–H groups in total.